The first kappa shape index (κ1) is 17.0. The van der Waals surface area contributed by atoms with Crippen molar-refractivity contribution in [3.63, 3.8) is 0 Å². The van der Waals surface area contributed by atoms with E-state index in [4.69, 9.17) is 4.74 Å². The predicted molar refractivity (Wildman–Crippen MR) is 96.1 cm³/mol. The average Bonchev–Trinajstić information content (AvgIpc) is 3.01. The van der Waals surface area contributed by atoms with E-state index in [1.807, 2.05) is 60.7 Å². The third-order valence-electron chi connectivity index (χ3n) is 4.42. The number of nitrogens with zero attached hydrogens (tertiary/aromatic N) is 1. The van der Waals surface area contributed by atoms with Crippen LogP contribution >= 0.6 is 0 Å². The Kier molecular flexibility index (Phi) is 5.29. The van der Waals surface area contributed by atoms with Crippen molar-refractivity contribution in [2.24, 2.45) is 0 Å². The first-order valence-corrected chi connectivity index (χ1v) is 8.40. The van der Waals surface area contributed by atoms with Crippen molar-refractivity contribution in [3.8, 4) is 0 Å². The quantitative estimate of drug-likeness (QED) is 0.751. The summed E-state index contributed by atoms with van der Waals surface area (Å²) in [4.78, 5) is 26.6. The zero-order valence-corrected chi connectivity index (χ0v) is 14.0. The van der Waals surface area contributed by atoms with Crippen LogP contribution in [0.25, 0.3) is 0 Å². The highest BCUT2D eigenvalue weighted by Gasteiger charge is 2.40. The van der Waals surface area contributed by atoms with E-state index in [1.54, 1.807) is 6.08 Å². The zero-order valence-electron chi connectivity index (χ0n) is 14.0. The summed E-state index contributed by atoms with van der Waals surface area (Å²) in [5.41, 5.74) is 1.95. The molecule has 0 aromatic heterocycles. The smallest absolute Gasteiger partial charge is 0.417 e. The Hall–Kier alpha value is -2.88. The summed E-state index contributed by atoms with van der Waals surface area (Å²) in [6.45, 7) is 3.99. The lowest BCUT2D eigenvalue weighted by atomic mass is 9.93. The number of benzene rings is 2. The monoisotopic (exact) mass is 335 g/mol. The molecule has 0 radical (unpaired) electrons. The van der Waals surface area contributed by atoms with Gasteiger partial charge < -0.3 is 4.74 Å². The average molecular weight is 335 g/mol. The molecule has 128 valence electrons. The van der Waals surface area contributed by atoms with Crippen molar-refractivity contribution in [3.05, 3.63) is 84.4 Å². The van der Waals surface area contributed by atoms with E-state index in [-0.39, 0.29) is 18.6 Å². The maximum absolute atomic E-state index is 13.1. The van der Waals surface area contributed by atoms with Crippen molar-refractivity contribution < 1.29 is 14.3 Å². The van der Waals surface area contributed by atoms with Crippen LogP contribution in [0.5, 0.6) is 0 Å². The number of carbonyl (C=O) groups excluding carboxylic acids is 2. The van der Waals surface area contributed by atoms with Gasteiger partial charge in [-0.1, -0.05) is 66.7 Å². The lowest BCUT2D eigenvalue weighted by Gasteiger charge is -2.24. The van der Waals surface area contributed by atoms with Gasteiger partial charge in [-0.2, -0.15) is 0 Å². The second-order valence-corrected chi connectivity index (χ2v) is 6.12. The summed E-state index contributed by atoms with van der Waals surface area (Å²) in [7, 11) is 0. The molecule has 4 heteroatoms. The second kappa shape index (κ2) is 7.79. The van der Waals surface area contributed by atoms with E-state index in [9.17, 15) is 9.59 Å². The van der Waals surface area contributed by atoms with E-state index < -0.39 is 12.0 Å². The fourth-order valence-corrected chi connectivity index (χ4v) is 3.17. The number of rotatable bonds is 6. The lowest BCUT2D eigenvalue weighted by Crippen LogP contribution is -2.42. The van der Waals surface area contributed by atoms with E-state index in [1.165, 1.54) is 4.90 Å². The van der Waals surface area contributed by atoms with Crippen LogP contribution in [0, 0.1) is 0 Å². The fraction of sp³-hybridized carbons (Fsp3) is 0.238. The van der Waals surface area contributed by atoms with Crippen molar-refractivity contribution in [2.75, 3.05) is 6.61 Å². The molecule has 0 spiro atoms. The molecular weight excluding hydrogens is 314 g/mol. The molecule has 2 aromatic rings. The number of carbonyl (C=O) groups is 2. The van der Waals surface area contributed by atoms with Crippen LogP contribution in [0.1, 0.15) is 23.5 Å². The van der Waals surface area contributed by atoms with E-state index in [2.05, 4.69) is 6.58 Å². The van der Waals surface area contributed by atoms with E-state index in [0.29, 0.717) is 12.8 Å². The molecule has 4 nitrogen and oxygen atoms in total. The van der Waals surface area contributed by atoms with Gasteiger partial charge in [0.2, 0.25) is 5.91 Å². The molecule has 0 aliphatic carbocycles. The van der Waals surface area contributed by atoms with Crippen LogP contribution in [-0.2, 0) is 16.0 Å². The third kappa shape index (κ3) is 3.79. The molecule has 3 rings (SSSR count). The topological polar surface area (TPSA) is 46.6 Å². The SMILES string of the molecule is C=CC[C@H](C(=O)N1C(=O)OCC1Cc1ccccc1)c1ccccc1. The summed E-state index contributed by atoms with van der Waals surface area (Å²) in [5, 5.41) is 0. The predicted octanol–water partition coefficient (Wildman–Crippen LogP) is 3.94. The second-order valence-electron chi connectivity index (χ2n) is 6.12. The number of amides is 2. The van der Waals surface area contributed by atoms with Crippen LogP contribution in [0.3, 0.4) is 0 Å². The number of imide groups is 1. The summed E-state index contributed by atoms with van der Waals surface area (Å²) < 4.78 is 5.18. The van der Waals surface area contributed by atoms with Gasteiger partial charge in [-0.3, -0.25) is 4.79 Å². The van der Waals surface area contributed by atoms with Gasteiger partial charge in [0.15, 0.2) is 0 Å². The minimum absolute atomic E-state index is 0.227. The van der Waals surface area contributed by atoms with Crippen molar-refractivity contribution in [1.29, 1.82) is 0 Å². The molecular formula is C21H21NO3. The largest absolute Gasteiger partial charge is 0.447 e. The van der Waals surface area contributed by atoms with Gasteiger partial charge in [-0.15, -0.1) is 6.58 Å². The standard InChI is InChI=1S/C21H21NO3/c1-2-9-19(17-12-7-4-8-13-17)20(23)22-18(15-25-21(22)24)14-16-10-5-3-6-11-16/h2-8,10-13,18-19H,1,9,14-15H2/t18?,19-/m0/s1. The zero-order chi connectivity index (χ0) is 17.6. The number of cyclic esters (lactones) is 1. The molecule has 0 bridgehead atoms. The van der Waals surface area contributed by atoms with Crippen molar-refractivity contribution in [2.45, 2.75) is 24.8 Å². The van der Waals surface area contributed by atoms with Gasteiger partial charge in [0.25, 0.3) is 0 Å². The Morgan fingerprint density at radius 2 is 1.80 bits per heavy atom. The summed E-state index contributed by atoms with van der Waals surface area (Å²) in [6, 6.07) is 19.0. The maximum atomic E-state index is 13.1. The number of ether oxygens (including phenoxy) is 1. The van der Waals surface area contributed by atoms with Crippen LogP contribution in [0.4, 0.5) is 4.79 Å². The number of allylic oxidation sites excluding steroid dienone is 1. The van der Waals surface area contributed by atoms with Crippen molar-refractivity contribution in [1.82, 2.24) is 4.90 Å². The maximum Gasteiger partial charge on any atom is 0.417 e. The fourth-order valence-electron chi connectivity index (χ4n) is 3.17. The van der Waals surface area contributed by atoms with Crippen LogP contribution in [-0.4, -0.2) is 29.5 Å². The molecule has 1 saturated heterocycles. The highest BCUT2D eigenvalue weighted by molar-refractivity contribution is 5.97. The van der Waals surface area contributed by atoms with Gasteiger partial charge in [0.1, 0.15) is 6.61 Å². The Morgan fingerprint density at radius 3 is 2.44 bits per heavy atom. The lowest BCUT2D eigenvalue weighted by molar-refractivity contribution is -0.130. The number of hydrogen-bond acceptors (Lipinski definition) is 3. The highest BCUT2D eigenvalue weighted by atomic mass is 16.6. The molecule has 2 amide bonds. The van der Waals surface area contributed by atoms with Gasteiger partial charge >= 0.3 is 6.09 Å². The first-order valence-electron chi connectivity index (χ1n) is 8.40. The first-order chi connectivity index (χ1) is 12.2. The van der Waals surface area contributed by atoms with Crippen molar-refractivity contribution >= 4 is 12.0 Å². The molecule has 1 aliphatic rings. The molecule has 2 aromatic carbocycles. The number of hydrogen-bond donors (Lipinski definition) is 0. The van der Waals surface area contributed by atoms with Crippen LogP contribution in [0.15, 0.2) is 73.3 Å². The highest BCUT2D eigenvalue weighted by Crippen LogP contribution is 2.27. The summed E-state index contributed by atoms with van der Waals surface area (Å²) in [6.07, 6.45) is 2.22. The molecule has 25 heavy (non-hydrogen) atoms. The summed E-state index contributed by atoms with van der Waals surface area (Å²) in [5.74, 6) is -0.655. The summed E-state index contributed by atoms with van der Waals surface area (Å²) >= 11 is 0. The molecule has 1 heterocycles. The Balaban J connectivity index is 1.84. The van der Waals surface area contributed by atoms with Gasteiger partial charge in [-0.25, -0.2) is 9.69 Å². The Labute approximate surface area is 147 Å². The molecule has 1 fully saturated rings. The molecule has 1 unspecified atom stereocenters. The Bertz CT molecular complexity index is 742. The molecule has 0 saturated carbocycles. The van der Waals surface area contributed by atoms with Gasteiger partial charge in [-0.05, 0) is 24.0 Å². The van der Waals surface area contributed by atoms with Gasteiger partial charge in [0, 0.05) is 0 Å². The van der Waals surface area contributed by atoms with Crippen LogP contribution < -0.4 is 0 Å². The van der Waals surface area contributed by atoms with E-state index >= 15 is 0 Å². The Morgan fingerprint density at radius 1 is 1.16 bits per heavy atom. The van der Waals surface area contributed by atoms with Gasteiger partial charge in [0.05, 0.1) is 12.0 Å². The van der Waals surface area contributed by atoms with E-state index in [0.717, 1.165) is 11.1 Å². The minimum atomic E-state index is -0.559. The molecule has 1 aliphatic heterocycles. The van der Waals surface area contributed by atoms with Crippen LogP contribution in [0.2, 0.25) is 0 Å². The minimum Gasteiger partial charge on any atom is -0.447 e. The normalized spacial score (nSPS) is 17.8. The third-order valence-corrected chi connectivity index (χ3v) is 4.42. The molecule has 0 N–H and O–H groups in total. The molecule has 2 atom stereocenters.